The Labute approximate surface area is 185 Å². The molecule has 0 aliphatic heterocycles. The summed E-state index contributed by atoms with van der Waals surface area (Å²) in [6.45, 7) is 0. The summed E-state index contributed by atoms with van der Waals surface area (Å²) in [6.07, 6.45) is 0. The number of carbonyl (C=O) groups excluding carboxylic acids is 1. The molecule has 33 heavy (non-hydrogen) atoms. The highest BCUT2D eigenvalue weighted by Gasteiger charge is 2.20. The van der Waals surface area contributed by atoms with E-state index in [0.717, 1.165) is 12.1 Å². The zero-order valence-corrected chi connectivity index (χ0v) is 17.6. The van der Waals surface area contributed by atoms with Crippen LogP contribution in [0.25, 0.3) is 22.2 Å². The average Bonchev–Trinajstić information content (AvgIpc) is 3.24. The van der Waals surface area contributed by atoms with Gasteiger partial charge in [-0.05, 0) is 36.4 Å². The summed E-state index contributed by atoms with van der Waals surface area (Å²) >= 11 is 0. The molecule has 1 heterocycles. The molecule has 7 nitrogen and oxygen atoms in total. The Bertz CT molecular complexity index is 1320. The quantitative estimate of drug-likeness (QED) is 0.224. The molecule has 0 N–H and O–H groups in total. The number of esters is 1. The second-order valence-electron chi connectivity index (χ2n) is 6.75. The number of fused-ring (bicyclic) bond motifs is 1. The third-order valence-electron chi connectivity index (χ3n) is 4.81. The number of hydrogen-bond acceptors (Lipinski definition) is 7. The third kappa shape index (κ3) is 4.02. The lowest BCUT2D eigenvalue weighted by molar-refractivity contribution is 0.0734. The van der Waals surface area contributed by atoms with Gasteiger partial charge in [0.2, 0.25) is 5.75 Å². The van der Waals surface area contributed by atoms with Crippen molar-refractivity contribution in [1.82, 2.24) is 5.16 Å². The summed E-state index contributed by atoms with van der Waals surface area (Å²) < 4.78 is 66.8. The number of carbonyl (C=O) groups is 1. The molecule has 0 saturated carbocycles. The fourth-order valence-corrected chi connectivity index (χ4v) is 3.25. The Morgan fingerprint density at radius 3 is 2.09 bits per heavy atom. The van der Waals surface area contributed by atoms with Gasteiger partial charge in [0, 0.05) is 17.0 Å². The predicted molar refractivity (Wildman–Crippen MR) is 110 cm³/mol. The van der Waals surface area contributed by atoms with E-state index in [2.05, 4.69) is 5.16 Å². The van der Waals surface area contributed by atoms with Crippen molar-refractivity contribution in [3.05, 3.63) is 65.5 Å². The molecular weight excluding hydrogens is 443 g/mol. The Hall–Kier alpha value is -4.21. The van der Waals surface area contributed by atoms with E-state index in [-0.39, 0.29) is 39.7 Å². The molecule has 4 aromatic rings. The molecule has 0 aliphatic carbocycles. The van der Waals surface area contributed by atoms with E-state index >= 15 is 0 Å². The number of halogens is 3. The molecule has 0 radical (unpaired) electrons. The van der Waals surface area contributed by atoms with Crippen molar-refractivity contribution in [2.75, 3.05) is 21.3 Å². The van der Waals surface area contributed by atoms with Crippen LogP contribution in [0.1, 0.15) is 10.4 Å². The number of benzene rings is 3. The zero-order chi connectivity index (χ0) is 23.7. The van der Waals surface area contributed by atoms with E-state index in [9.17, 15) is 18.0 Å². The molecule has 0 unspecified atom stereocenters. The van der Waals surface area contributed by atoms with E-state index in [1.807, 2.05) is 0 Å². The molecule has 170 valence electrons. The van der Waals surface area contributed by atoms with Gasteiger partial charge < -0.3 is 23.5 Å². The van der Waals surface area contributed by atoms with Gasteiger partial charge in [-0.2, -0.15) is 0 Å². The van der Waals surface area contributed by atoms with Gasteiger partial charge in [0.1, 0.15) is 11.4 Å². The Morgan fingerprint density at radius 2 is 1.52 bits per heavy atom. The molecule has 1 aromatic heterocycles. The lowest BCUT2D eigenvalue weighted by Gasteiger charge is -2.13. The summed E-state index contributed by atoms with van der Waals surface area (Å²) in [5.74, 6) is -3.99. The summed E-state index contributed by atoms with van der Waals surface area (Å²) in [5, 5.41) is 4.18. The highest BCUT2D eigenvalue weighted by Crippen LogP contribution is 2.38. The topological polar surface area (TPSA) is 80.0 Å². The van der Waals surface area contributed by atoms with E-state index in [0.29, 0.717) is 11.1 Å². The number of hydrogen-bond donors (Lipinski definition) is 0. The van der Waals surface area contributed by atoms with Crippen LogP contribution in [-0.4, -0.2) is 32.5 Å². The second-order valence-corrected chi connectivity index (χ2v) is 6.75. The van der Waals surface area contributed by atoms with Crippen molar-refractivity contribution in [2.45, 2.75) is 0 Å². The fraction of sp³-hybridized carbons (Fsp3) is 0.130. The summed E-state index contributed by atoms with van der Waals surface area (Å²) in [5.41, 5.74) is 0.420. The molecule has 0 atom stereocenters. The van der Waals surface area contributed by atoms with Gasteiger partial charge in [0.25, 0.3) is 0 Å². The minimum Gasteiger partial charge on any atom is -0.493 e. The summed E-state index contributed by atoms with van der Waals surface area (Å²) in [6, 6.07) is 8.84. The fourth-order valence-electron chi connectivity index (χ4n) is 3.25. The van der Waals surface area contributed by atoms with Crippen molar-refractivity contribution in [1.29, 1.82) is 0 Å². The molecule has 0 aliphatic rings. The van der Waals surface area contributed by atoms with Crippen LogP contribution in [0.5, 0.6) is 23.0 Å². The van der Waals surface area contributed by atoms with Crippen molar-refractivity contribution in [3.8, 4) is 34.3 Å². The van der Waals surface area contributed by atoms with E-state index in [4.69, 9.17) is 23.5 Å². The number of ether oxygens (including phenoxy) is 4. The molecule has 0 bridgehead atoms. The molecular formula is C23H16F3NO6. The highest BCUT2D eigenvalue weighted by molar-refractivity contribution is 5.95. The first kappa shape index (κ1) is 22.0. The first-order chi connectivity index (χ1) is 15.9. The third-order valence-corrected chi connectivity index (χ3v) is 4.81. The van der Waals surface area contributed by atoms with Crippen molar-refractivity contribution in [2.24, 2.45) is 0 Å². The maximum atomic E-state index is 13.6. The molecule has 0 saturated heterocycles. The van der Waals surface area contributed by atoms with Crippen LogP contribution in [0, 0.1) is 17.5 Å². The summed E-state index contributed by atoms with van der Waals surface area (Å²) in [4.78, 5) is 12.7. The van der Waals surface area contributed by atoms with Crippen LogP contribution in [0.15, 0.2) is 47.0 Å². The van der Waals surface area contributed by atoms with Gasteiger partial charge >= 0.3 is 5.97 Å². The second kappa shape index (κ2) is 8.73. The number of aromatic nitrogens is 1. The van der Waals surface area contributed by atoms with E-state index in [1.54, 1.807) is 0 Å². The first-order valence-corrected chi connectivity index (χ1v) is 9.42. The van der Waals surface area contributed by atoms with Crippen LogP contribution in [0.4, 0.5) is 13.2 Å². The van der Waals surface area contributed by atoms with Crippen LogP contribution >= 0.6 is 0 Å². The SMILES string of the molecule is COc1cc(C(=O)Oc2ccc3c(-c4cc(F)c(F)c(F)c4)noc3c2)cc(OC)c1OC. The summed E-state index contributed by atoms with van der Waals surface area (Å²) in [7, 11) is 4.27. The zero-order valence-electron chi connectivity index (χ0n) is 17.6. The predicted octanol–water partition coefficient (Wildman–Crippen LogP) is 5.16. The minimum atomic E-state index is -1.58. The maximum Gasteiger partial charge on any atom is 0.343 e. The van der Waals surface area contributed by atoms with Crippen molar-refractivity contribution in [3.63, 3.8) is 0 Å². The van der Waals surface area contributed by atoms with Gasteiger partial charge in [-0.25, -0.2) is 18.0 Å². The Kier molecular flexibility index (Phi) is 5.82. The van der Waals surface area contributed by atoms with Crippen molar-refractivity contribution < 1.29 is 41.4 Å². The number of nitrogens with zero attached hydrogens (tertiary/aromatic N) is 1. The van der Waals surface area contributed by atoms with Gasteiger partial charge in [-0.3, -0.25) is 0 Å². The van der Waals surface area contributed by atoms with Crippen LogP contribution in [0.3, 0.4) is 0 Å². The van der Waals surface area contributed by atoms with Crippen molar-refractivity contribution >= 4 is 16.9 Å². The first-order valence-electron chi connectivity index (χ1n) is 9.42. The smallest absolute Gasteiger partial charge is 0.343 e. The normalized spacial score (nSPS) is 10.8. The Morgan fingerprint density at radius 1 is 0.879 bits per heavy atom. The van der Waals surface area contributed by atoms with Gasteiger partial charge in [0.05, 0.1) is 26.9 Å². The molecule has 10 heteroatoms. The van der Waals surface area contributed by atoms with Crippen LogP contribution < -0.4 is 18.9 Å². The lowest BCUT2D eigenvalue weighted by Crippen LogP contribution is -2.09. The van der Waals surface area contributed by atoms with Gasteiger partial charge in [0.15, 0.2) is 34.5 Å². The maximum absolute atomic E-state index is 13.6. The van der Waals surface area contributed by atoms with E-state index in [1.165, 1.54) is 51.7 Å². The van der Waals surface area contributed by atoms with Gasteiger partial charge in [-0.15, -0.1) is 0 Å². The Balaban J connectivity index is 1.64. The number of methoxy groups -OCH3 is 3. The molecule has 0 spiro atoms. The molecule has 0 fully saturated rings. The van der Waals surface area contributed by atoms with Crippen LogP contribution in [0.2, 0.25) is 0 Å². The number of rotatable bonds is 6. The highest BCUT2D eigenvalue weighted by atomic mass is 19.2. The average molecular weight is 459 g/mol. The minimum absolute atomic E-state index is 0.00711. The lowest BCUT2D eigenvalue weighted by atomic mass is 10.1. The molecule has 3 aromatic carbocycles. The molecule has 4 rings (SSSR count). The van der Waals surface area contributed by atoms with E-state index < -0.39 is 23.4 Å². The monoisotopic (exact) mass is 459 g/mol. The largest absolute Gasteiger partial charge is 0.493 e. The standard InChI is InChI=1S/C23H16F3NO6/c1-29-18-8-12(9-19(30-2)22(18)31-3)23(28)32-13-4-5-14-17(10-13)33-27-21(14)11-6-15(24)20(26)16(25)7-11/h4-10H,1-3H3. The van der Waals surface area contributed by atoms with Crippen LogP contribution in [-0.2, 0) is 0 Å². The molecule has 0 amide bonds. The van der Waals surface area contributed by atoms with Gasteiger partial charge in [-0.1, -0.05) is 5.16 Å².